The lowest BCUT2D eigenvalue weighted by atomic mass is 10.2. The van der Waals surface area contributed by atoms with Gasteiger partial charge < -0.3 is 5.32 Å². The Morgan fingerprint density at radius 1 is 1.10 bits per heavy atom. The van der Waals surface area contributed by atoms with Crippen molar-refractivity contribution < 1.29 is 39.7 Å². The first kappa shape index (κ1) is 23.3. The summed E-state index contributed by atoms with van der Waals surface area (Å²) in [6.07, 6.45) is -3.92. The molecule has 0 aromatic heterocycles. The summed E-state index contributed by atoms with van der Waals surface area (Å²) in [5, 5.41) is 13.2. The van der Waals surface area contributed by atoms with Crippen LogP contribution < -0.4 is 5.32 Å². The monoisotopic (exact) mass is 466 g/mol. The molecule has 0 bridgehead atoms. The summed E-state index contributed by atoms with van der Waals surface area (Å²) in [5.41, 5.74) is -2.45. The molecule has 0 saturated carbocycles. The van der Waals surface area contributed by atoms with Crippen LogP contribution in [0.4, 0.5) is 24.5 Å². The van der Waals surface area contributed by atoms with Gasteiger partial charge >= 0.3 is 6.18 Å². The predicted octanol–water partition coefficient (Wildman–Crippen LogP) is 2.43. The second kappa shape index (κ2) is 8.02. The van der Waals surface area contributed by atoms with Crippen molar-refractivity contribution in [1.29, 1.82) is 0 Å². The Balaban J connectivity index is 2.33. The fourth-order valence-corrected chi connectivity index (χ4v) is 4.30. The second-order valence-electron chi connectivity index (χ2n) is 6.04. The summed E-state index contributed by atoms with van der Waals surface area (Å²) in [4.78, 5) is 20.7. The van der Waals surface area contributed by atoms with Gasteiger partial charge in [-0.15, -0.1) is 0 Å². The van der Waals surface area contributed by atoms with Crippen LogP contribution in [0.15, 0.2) is 52.3 Å². The number of sulfone groups is 2. The predicted molar refractivity (Wildman–Crippen MR) is 98.3 cm³/mol. The Morgan fingerprint density at radius 2 is 1.73 bits per heavy atom. The van der Waals surface area contributed by atoms with Crippen LogP contribution in [-0.4, -0.2) is 39.7 Å². The molecule has 0 aliphatic heterocycles. The van der Waals surface area contributed by atoms with E-state index in [2.05, 4.69) is 0 Å². The molecule has 30 heavy (non-hydrogen) atoms. The maximum absolute atomic E-state index is 12.7. The molecular weight excluding hydrogens is 453 g/mol. The van der Waals surface area contributed by atoms with Gasteiger partial charge in [-0.1, -0.05) is 6.07 Å². The van der Waals surface area contributed by atoms with Gasteiger partial charge in [-0.05, 0) is 30.3 Å². The minimum atomic E-state index is -4.69. The molecule has 0 aliphatic carbocycles. The van der Waals surface area contributed by atoms with Gasteiger partial charge in [-0.3, -0.25) is 14.9 Å². The Morgan fingerprint density at radius 3 is 2.27 bits per heavy atom. The molecule has 2 rings (SSSR count). The molecule has 0 atom stereocenters. The van der Waals surface area contributed by atoms with Gasteiger partial charge in [0, 0.05) is 18.0 Å². The largest absolute Gasteiger partial charge is 0.416 e. The molecule has 0 unspecified atom stereocenters. The Hall–Kier alpha value is -3.00. The van der Waals surface area contributed by atoms with Crippen LogP contribution in [0.25, 0.3) is 0 Å². The van der Waals surface area contributed by atoms with Gasteiger partial charge in [0.2, 0.25) is 5.91 Å². The number of rotatable bonds is 6. The van der Waals surface area contributed by atoms with Crippen LogP contribution in [0.3, 0.4) is 0 Å². The number of anilines is 1. The molecule has 9 nitrogen and oxygen atoms in total. The molecule has 162 valence electrons. The first-order valence-electron chi connectivity index (χ1n) is 7.79. The maximum Gasteiger partial charge on any atom is 0.416 e. The SMILES string of the molecule is CS(=O)(=O)c1ccc(S(=O)(=O)CC(=O)Nc2cccc(C(F)(F)F)c2)c([N+](=O)[O-])c1. The van der Waals surface area contributed by atoms with Crippen molar-refractivity contribution in [2.45, 2.75) is 16.0 Å². The lowest BCUT2D eigenvalue weighted by Crippen LogP contribution is -2.24. The highest BCUT2D eigenvalue weighted by Crippen LogP contribution is 2.31. The number of nitrogens with one attached hydrogen (secondary N) is 1. The van der Waals surface area contributed by atoms with Crippen LogP contribution in [0.5, 0.6) is 0 Å². The van der Waals surface area contributed by atoms with Gasteiger partial charge in [0.1, 0.15) is 10.6 Å². The Bertz CT molecular complexity index is 1220. The zero-order chi connectivity index (χ0) is 22.9. The summed E-state index contributed by atoms with van der Waals surface area (Å²) in [6, 6.07) is 5.51. The van der Waals surface area contributed by atoms with Crippen molar-refractivity contribution in [1.82, 2.24) is 0 Å². The highest BCUT2D eigenvalue weighted by atomic mass is 32.2. The second-order valence-corrected chi connectivity index (χ2v) is 10.0. The van der Waals surface area contributed by atoms with E-state index in [1.54, 1.807) is 0 Å². The van der Waals surface area contributed by atoms with Crippen LogP contribution in [0.2, 0.25) is 0 Å². The summed E-state index contributed by atoms with van der Waals surface area (Å²) < 4.78 is 86.1. The van der Waals surface area contributed by atoms with Crippen LogP contribution in [0.1, 0.15) is 5.56 Å². The van der Waals surface area contributed by atoms with Gasteiger partial charge in [-0.2, -0.15) is 13.2 Å². The zero-order valence-electron chi connectivity index (χ0n) is 15.0. The number of nitrogens with zero attached hydrogens (tertiary/aromatic N) is 1. The van der Waals surface area contributed by atoms with E-state index in [1.165, 1.54) is 0 Å². The Labute approximate surface area is 168 Å². The van der Waals surface area contributed by atoms with Crippen molar-refractivity contribution in [3.05, 3.63) is 58.1 Å². The van der Waals surface area contributed by atoms with Gasteiger partial charge in [-0.25, -0.2) is 16.8 Å². The van der Waals surface area contributed by atoms with Gasteiger partial charge in [0.15, 0.2) is 19.7 Å². The molecule has 0 radical (unpaired) electrons. The van der Waals surface area contributed by atoms with Crippen molar-refractivity contribution >= 4 is 37.0 Å². The highest BCUT2D eigenvalue weighted by molar-refractivity contribution is 7.92. The molecule has 14 heteroatoms. The lowest BCUT2D eigenvalue weighted by Gasteiger charge is -2.10. The van der Waals surface area contributed by atoms with Crippen molar-refractivity contribution in [3.8, 4) is 0 Å². The van der Waals surface area contributed by atoms with E-state index in [0.29, 0.717) is 18.2 Å². The number of hydrogen-bond donors (Lipinski definition) is 1. The number of carbonyl (C=O) groups excluding carboxylic acids is 1. The summed E-state index contributed by atoms with van der Waals surface area (Å²) >= 11 is 0. The van der Waals surface area contributed by atoms with Gasteiger partial charge in [0.05, 0.1) is 15.4 Å². The number of nitro groups is 1. The topological polar surface area (TPSA) is 141 Å². The van der Waals surface area contributed by atoms with E-state index in [0.717, 1.165) is 30.5 Å². The number of amides is 1. The number of alkyl halides is 3. The van der Waals surface area contributed by atoms with E-state index < -0.39 is 63.5 Å². The van der Waals surface area contributed by atoms with E-state index >= 15 is 0 Å². The minimum absolute atomic E-state index is 0.327. The average Bonchev–Trinajstić information content (AvgIpc) is 2.59. The highest BCUT2D eigenvalue weighted by Gasteiger charge is 2.32. The number of benzene rings is 2. The van der Waals surface area contributed by atoms with E-state index in [-0.39, 0.29) is 5.69 Å². The zero-order valence-corrected chi connectivity index (χ0v) is 16.6. The maximum atomic E-state index is 12.7. The van der Waals surface area contributed by atoms with Crippen LogP contribution in [0, 0.1) is 10.1 Å². The number of nitro benzene ring substituents is 1. The van der Waals surface area contributed by atoms with Gasteiger partial charge in [0.25, 0.3) is 5.69 Å². The van der Waals surface area contributed by atoms with Crippen LogP contribution in [-0.2, 0) is 30.6 Å². The van der Waals surface area contributed by atoms with E-state index in [4.69, 9.17) is 0 Å². The number of halogens is 3. The molecule has 2 aromatic rings. The average molecular weight is 466 g/mol. The van der Waals surface area contributed by atoms with Crippen molar-refractivity contribution in [3.63, 3.8) is 0 Å². The molecule has 2 aromatic carbocycles. The van der Waals surface area contributed by atoms with Crippen LogP contribution >= 0.6 is 0 Å². The standard InChI is InChI=1S/C16H13F3N2O7S2/c1-29(25,26)12-5-6-14(13(8-12)21(23)24)30(27,28)9-15(22)20-11-4-2-3-10(7-11)16(17,18)19/h2-8H,9H2,1H3,(H,20,22). The number of hydrogen-bond acceptors (Lipinski definition) is 7. The first-order chi connectivity index (χ1) is 13.6. The summed E-state index contributed by atoms with van der Waals surface area (Å²) in [5.74, 6) is -2.56. The molecule has 0 heterocycles. The lowest BCUT2D eigenvalue weighted by molar-refractivity contribution is -0.388. The molecule has 0 aliphatic rings. The first-order valence-corrected chi connectivity index (χ1v) is 11.3. The molecule has 1 N–H and O–H groups in total. The normalized spacial score (nSPS) is 12.4. The number of carbonyl (C=O) groups is 1. The Kier molecular flexibility index (Phi) is 6.23. The third-order valence-corrected chi connectivity index (χ3v) is 6.45. The summed E-state index contributed by atoms with van der Waals surface area (Å²) in [6.45, 7) is 0. The van der Waals surface area contributed by atoms with E-state index in [9.17, 15) is 44.9 Å². The smallest absolute Gasteiger partial charge is 0.325 e. The molecule has 0 fully saturated rings. The third kappa shape index (κ3) is 5.54. The fourth-order valence-electron chi connectivity index (χ4n) is 2.35. The quantitative estimate of drug-likeness (QED) is 0.509. The van der Waals surface area contributed by atoms with Crippen molar-refractivity contribution in [2.24, 2.45) is 0 Å². The minimum Gasteiger partial charge on any atom is -0.325 e. The summed E-state index contributed by atoms with van der Waals surface area (Å²) in [7, 11) is -8.50. The molecule has 0 spiro atoms. The van der Waals surface area contributed by atoms with E-state index in [1.807, 2.05) is 5.32 Å². The molecular formula is C16H13F3N2O7S2. The molecule has 0 saturated heterocycles. The van der Waals surface area contributed by atoms with Crippen molar-refractivity contribution in [2.75, 3.05) is 17.3 Å². The molecule has 1 amide bonds. The fraction of sp³-hybridized carbons (Fsp3) is 0.188. The third-order valence-electron chi connectivity index (χ3n) is 3.69.